The van der Waals surface area contributed by atoms with E-state index in [0.29, 0.717) is 5.75 Å². The third-order valence-electron chi connectivity index (χ3n) is 2.67. The summed E-state index contributed by atoms with van der Waals surface area (Å²) in [6.45, 7) is 0.421. The molecule has 21 heavy (non-hydrogen) atoms. The zero-order valence-electron chi connectivity index (χ0n) is 11.7. The van der Waals surface area contributed by atoms with Gasteiger partial charge in [0.2, 0.25) is 5.91 Å². The van der Waals surface area contributed by atoms with Crippen LogP contribution in [0.5, 0.6) is 5.75 Å². The SMILES string of the molecule is COC(CNC(=O)CCOc1ccc(Br)cc1)CC(=O)O. The van der Waals surface area contributed by atoms with Crippen molar-refractivity contribution in [2.45, 2.75) is 18.9 Å². The van der Waals surface area contributed by atoms with Crippen molar-refractivity contribution in [1.82, 2.24) is 5.32 Å². The number of carbonyl (C=O) groups excluding carboxylic acids is 1. The number of carboxylic acid groups (broad SMARTS) is 1. The van der Waals surface area contributed by atoms with Crippen LogP contribution in [-0.4, -0.2) is 43.3 Å². The molecule has 1 aromatic rings. The average molecular weight is 360 g/mol. The highest BCUT2D eigenvalue weighted by Crippen LogP contribution is 2.16. The minimum Gasteiger partial charge on any atom is -0.493 e. The second-order valence-corrected chi connectivity index (χ2v) is 5.23. The molecule has 0 aliphatic carbocycles. The first-order valence-electron chi connectivity index (χ1n) is 6.41. The van der Waals surface area contributed by atoms with E-state index >= 15 is 0 Å². The fourth-order valence-electron chi connectivity index (χ4n) is 1.54. The van der Waals surface area contributed by atoms with Crippen LogP contribution >= 0.6 is 15.9 Å². The molecule has 0 bridgehead atoms. The van der Waals surface area contributed by atoms with Gasteiger partial charge in [0, 0.05) is 18.1 Å². The number of carbonyl (C=O) groups is 2. The molecule has 0 heterocycles. The minimum absolute atomic E-state index is 0.147. The molecule has 1 aromatic carbocycles. The van der Waals surface area contributed by atoms with Gasteiger partial charge in [0.15, 0.2) is 0 Å². The number of aliphatic carboxylic acids is 1. The van der Waals surface area contributed by atoms with Gasteiger partial charge in [-0.1, -0.05) is 15.9 Å². The zero-order valence-corrected chi connectivity index (χ0v) is 13.3. The molecule has 7 heteroatoms. The topological polar surface area (TPSA) is 84.9 Å². The van der Waals surface area contributed by atoms with Crippen molar-refractivity contribution in [2.75, 3.05) is 20.3 Å². The number of amides is 1. The number of rotatable bonds is 9. The van der Waals surface area contributed by atoms with Crippen LogP contribution in [0.15, 0.2) is 28.7 Å². The molecular formula is C14H18BrNO5. The highest BCUT2D eigenvalue weighted by atomic mass is 79.9. The van der Waals surface area contributed by atoms with E-state index in [1.54, 1.807) is 12.1 Å². The normalized spacial score (nSPS) is 11.7. The van der Waals surface area contributed by atoms with Gasteiger partial charge >= 0.3 is 5.97 Å². The maximum atomic E-state index is 11.6. The van der Waals surface area contributed by atoms with Gasteiger partial charge in [-0.05, 0) is 24.3 Å². The smallest absolute Gasteiger partial charge is 0.306 e. The van der Waals surface area contributed by atoms with Gasteiger partial charge in [0.05, 0.1) is 25.6 Å². The van der Waals surface area contributed by atoms with Gasteiger partial charge in [0.1, 0.15) is 5.75 Å². The zero-order chi connectivity index (χ0) is 15.7. The van der Waals surface area contributed by atoms with Crippen LogP contribution in [0.25, 0.3) is 0 Å². The van der Waals surface area contributed by atoms with Gasteiger partial charge in [0.25, 0.3) is 0 Å². The van der Waals surface area contributed by atoms with E-state index in [4.69, 9.17) is 14.6 Å². The number of carboxylic acids is 1. The van der Waals surface area contributed by atoms with Crippen molar-refractivity contribution in [1.29, 1.82) is 0 Å². The molecule has 0 saturated carbocycles. The summed E-state index contributed by atoms with van der Waals surface area (Å²) in [6, 6.07) is 7.31. The maximum absolute atomic E-state index is 11.6. The minimum atomic E-state index is -0.963. The Morgan fingerprint density at radius 3 is 2.57 bits per heavy atom. The molecule has 0 aliphatic heterocycles. The predicted molar refractivity (Wildman–Crippen MR) is 80.3 cm³/mol. The standard InChI is InChI=1S/C14H18BrNO5/c1-20-12(8-14(18)19)9-16-13(17)6-7-21-11-4-2-10(15)3-5-11/h2-5,12H,6-9H2,1H3,(H,16,17)(H,18,19). The Bertz CT molecular complexity index is 463. The molecule has 0 fully saturated rings. The van der Waals surface area contributed by atoms with Crippen molar-refractivity contribution in [2.24, 2.45) is 0 Å². The molecule has 1 amide bonds. The van der Waals surface area contributed by atoms with E-state index in [2.05, 4.69) is 21.2 Å². The molecule has 0 aromatic heterocycles. The summed E-state index contributed by atoms with van der Waals surface area (Å²) in [7, 11) is 1.41. The Labute approximate surface area is 131 Å². The molecule has 0 aliphatic rings. The van der Waals surface area contributed by atoms with E-state index < -0.39 is 12.1 Å². The number of benzene rings is 1. The van der Waals surface area contributed by atoms with E-state index in [0.717, 1.165) is 4.47 Å². The van der Waals surface area contributed by atoms with Gasteiger partial charge in [-0.2, -0.15) is 0 Å². The second kappa shape index (κ2) is 9.36. The maximum Gasteiger partial charge on any atom is 0.306 e. The molecule has 1 unspecified atom stereocenters. The Morgan fingerprint density at radius 2 is 2.00 bits per heavy atom. The first-order valence-corrected chi connectivity index (χ1v) is 7.20. The summed E-state index contributed by atoms with van der Waals surface area (Å²) in [5, 5.41) is 11.3. The molecule has 0 saturated heterocycles. The lowest BCUT2D eigenvalue weighted by Gasteiger charge is -2.14. The summed E-state index contributed by atoms with van der Waals surface area (Å²) >= 11 is 3.32. The molecular weight excluding hydrogens is 342 g/mol. The number of halogens is 1. The van der Waals surface area contributed by atoms with Crippen LogP contribution in [0.1, 0.15) is 12.8 Å². The Kier molecular flexibility index (Phi) is 7.78. The molecule has 1 atom stereocenters. The van der Waals surface area contributed by atoms with Crippen molar-refractivity contribution in [3.8, 4) is 5.75 Å². The van der Waals surface area contributed by atoms with E-state index in [9.17, 15) is 9.59 Å². The van der Waals surface area contributed by atoms with Crippen LogP contribution in [-0.2, 0) is 14.3 Å². The summed E-state index contributed by atoms with van der Waals surface area (Å²) in [5.41, 5.74) is 0. The Morgan fingerprint density at radius 1 is 1.33 bits per heavy atom. The fourth-order valence-corrected chi connectivity index (χ4v) is 1.81. The second-order valence-electron chi connectivity index (χ2n) is 4.31. The largest absolute Gasteiger partial charge is 0.493 e. The summed E-state index contributed by atoms with van der Waals surface area (Å²) < 4.78 is 11.3. The number of nitrogens with one attached hydrogen (secondary N) is 1. The molecule has 0 radical (unpaired) electrons. The van der Waals surface area contributed by atoms with Crippen LogP contribution in [0.3, 0.4) is 0 Å². The van der Waals surface area contributed by atoms with Crippen LogP contribution < -0.4 is 10.1 Å². The molecule has 2 N–H and O–H groups in total. The van der Waals surface area contributed by atoms with Crippen molar-refractivity contribution < 1.29 is 24.2 Å². The highest BCUT2D eigenvalue weighted by molar-refractivity contribution is 9.10. The lowest BCUT2D eigenvalue weighted by Crippen LogP contribution is -2.35. The van der Waals surface area contributed by atoms with Crippen LogP contribution in [0.4, 0.5) is 0 Å². The monoisotopic (exact) mass is 359 g/mol. The molecule has 116 valence electrons. The lowest BCUT2D eigenvalue weighted by molar-refractivity contribution is -0.140. The number of hydrogen-bond acceptors (Lipinski definition) is 4. The molecule has 1 rings (SSSR count). The number of ether oxygens (including phenoxy) is 2. The van der Waals surface area contributed by atoms with Crippen molar-refractivity contribution in [3.05, 3.63) is 28.7 Å². The number of hydrogen-bond donors (Lipinski definition) is 2. The third-order valence-corrected chi connectivity index (χ3v) is 3.20. The van der Waals surface area contributed by atoms with E-state index in [1.807, 2.05) is 12.1 Å². The van der Waals surface area contributed by atoms with Gasteiger partial charge in [-0.15, -0.1) is 0 Å². The van der Waals surface area contributed by atoms with Crippen molar-refractivity contribution in [3.63, 3.8) is 0 Å². The molecule has 0 spiro atoms. The van der Waals surface area contributed by atoms with E-state index in [-0.39, 0.29) is 31.9 Å². The van der Waals surface area contributed by atoms with Gasteiger partial charge < -0.3 is 19.9 Å². The highest BCUT2D eigenvalue weighted by Gasteiger charge is 2.13. The first-order chi connectivity index (χ1) is 10.0. The average Bonchev–Trinajstić information content (AvgIpc) is 2.45. The van der Waals surface area contributed by atoms with Gasteiger partial charge in [-0.25, -0.2) is 0 Å². The molecule has 6 nitrogen and oxygen atoms in total. The third kappa shape index (κ3) is 7.67. The summed E-state index contributed by atoms with van der Waals surface area (Å²) in [5.74, 6) is -0.485. The number of methoxy groups -OCH3 is 1. The van der Waals surface area contributed by atoms with Crippen LogP contribution in [0.2, 0.25) is 0 Å². The van der Waals surface area contributed by atoms with E-state index in [1.165, 1.54) is 7.11 Å². The van der Waals surface area contributed by atoms with Gasteiger partial charge in [-0.3, -0.25) is 9.59 Å². The van der Waals surface area contributed by atoms with Crippen LogP contribution in [0, 0.1) is 0 Å². The summed E-state index contributed by atoms with van der Waals surface area (Å²) in [4.78, 5) is 22.1. The lowest BCUT2D eigenvalue weighted by atomic mass is 10.2. The Balaban J connectivity index is 2.21. The predicted octanol–water partition coefficient (Wildman–Crippen LogP) is 1.82. The Hall–Kier alpha value is -1.60. The first kappa shape index (κ1) is 17.5. The fraction of sp³-hybridized carbons (Fsp3) is 0.429. The summed E-state index contributed by atoms with van der Waals surface area (Å²) in [6.07, 6.45) is -0.481. The van der Waals surface area contributed by atoms with Crippen molar-refractivity contribution >= 4 is 27.8 Å². The quantitative estimate of drug-likeness (QED) is 0.702.